The molecule has 2 aromatic carbocycles. The molecule has 1 N–H and O–H groups in total. The summed E-state index contributed by atoms with van der Waals surface area (Å²) in [6, 6.07) is 19.3. The lowest BCUT2D eigenvalue weighted by Crippen LogP contribution is -2.22. The molecule has 0 fully saturated rings. The smallest absolute Gasteiger partial charge is 0.121 e. The zero-order valence-corrected chi connectivity index (χ0v) is 11.7. The van der Waals surface area contributed by atoms with Crippen molar-refractivity contribution < 1.29 is 4.42 Å². The highest BCUT2D eigenvalue weighted by Crippen LogP contribution is 2.22. The first-order valence-electron chi connectivity index (χ1n) is 7.11. The Kier molecular flexibility index (Phi) is 3.84. The van der Waals surface area contributed by atoms with Crippen molar-refractivity contribution in [3.63, 3.8) is 0 Å². The van der Waals surface area contributed by atoms with Crippen LogP contribution in [0.2, 0.25) is 0 Å². The summed E-state index contributed by atoms with van der Waals surface area (Å²) in [6.45, 7) is 3.05. The van der Waals surface area contributed by atoms with Crippen LogP contribution >= 0.6 is 0 Å². The van der Waals surface area contributed by atoms with Gasteiger partial charge in [0.1, 0.15) is 5.76 Å². The van der Waals surface area contributed by atoms with Crippen LogP contribution in [-0.2, 0) is 6.42 Å². The quantitative estimate of drug-likeness (QED) is 0.743. The van der Waals surface area contributed by atoms with Gasteiger partial charge in [0.05, 0.1) is 12.3 Å². The fourth-order valence-electron chi connectivity index (χ4n) is 2.61. The molecule has 1 aromatic heterocycles. The van der Waals surface area contributed by atoms with Crippen LogP contribution in [0.15, 0.2) is 65.3 Å². The summed E-state index contributed by atoms with van der Waals surface area (Å²) in [6.07, 6.45) is 2.67. The van der Waals surface area contributed by atoms with Crippen molar-refractivity contribution in [3.05, 3.63) is 72.2 Å². The van der Waals surface area contributed by atoms with Crippen molar-refractivity contribution in [1.82, 2.24) is 5.32 Å². The summed E-state index contributed by atoms with van der Waals surface area (Å²) in [5.74, 6) is 1.00. The van der Waals surface area contributed by atoms with E-state index in [1.54, 1.807) is 6.26 Å². The van der Waals surface area contributed by atoms with Crippen LogP contribution in [0.3, 0.4) is 0 Å². The van der Waals surface area contributed by atoms with Crippen LogP contribution in [-0.4, -0.2) is 6.54 Å². The molecule has 0 aliphatic heterocycles. The number of hydrogen-bond donors (Lipinski definition) is 1. The highest BCUT2D eigenvalue weighted by Gasteiger charge is 2.13. The van der Waals surface area contributed by atoms with Crippen molar-refractivity contribution in [3.8, 4) is 0 Å². The second-order valence-corrected chi connectivity index (χ2v) is 5.01. The van der Waals surface area contributed by atoms with Gasteiger partial charge >= 0.3 is 0 Å². The normalized spacial score (nSPS) is 12.7. The van der Waals surface area contributed by atoms with Crippen molar-refractivity contribution in [1.29, 1.82) is 0 Å². The molecule has 2 nitrogen and oxygen atoms in total. The van der Waals surface area contributed by atoms with Gasteiger partial charge in [0.2, 0.25) is 0 Å². The van der Waals surface area contributed by atoms with Gasteiger partial charge in [0.25, 0.3) is 0 Å². The Morgan fingerprint density at radius 1 is 1.00 bits per heavy atom. The molecule has 0 spiro atoms. The van der Waals surface area contributed by atoms with E-state index in [2.05, 4.69) is 54.7 Å². The Labute approximate surface area is 119 Å². The molecule has 1 unspecified atom stereocenters. The fourth-order valence-corrected chi connectivity index (χ4v) is 2.61. The summed E-state index contributed by atoms with van der Waals surface area (Å²) < 4.78 is 5.55. The summed E-state index contributed by atoms with van der Waals surface area (Å²) in [5, 5.41) is 6.07. The lowest BCUT2D eigenvalue weighted by molar-refractivity contribution is 0.416. The molecule has 0 radical (unpaired) electrons. The molecule has 0 saturated carbocycles. The van der Waals surface area contributed by atoms with Gasteiger partial charge in [-0.15, -0.1) is 0 Å². The second-order valence-electron chi connectivity index (χ2n) is 5.01. The van der Waals surface area contributed by atoms with Crippen LogP contribution in [0.25, 0.3) is 10.8 Å². The Balaban J connectivity index is 1.86. The number of likely N-dealkylation sites (N-methyl/N-ethyl adjacent to an activating group) is 1. The molecule has 20 heavy (non-hydrogen) atoms. The molecule has 0 aliphatic rings. The SMILES string of the molecule is CCNC(Cc1ccc2ccccc2c1)c1ccco1. The molecule has 3 rings (SSSR count). The minimum absolute atomic E-state index is 0.233. The van der Waals surface area contributed by atoms with E-state index in [4.69, 9.17) is 4.42 Å². The van der Waals surface area contributed by atoms with Crippen molar-refractivity contribution in [2.75, 3.05) is 6.54 Å². The topological polar surface area (TPSA) is 25.2 Å². The number of furan rings is 1. The largest absolute Gasteiger partial charge is 0.468 e. The lowest BCUT2D eigenvalue weighted by atomic mass is 10.0. The first kappa shape index (κ1) is 12.9. The number of hydrogen-bond acceptors (Lipinski definition) is 2. The van der Waals surface area contributed by atoms with Gasteiger partial charge in [-0.3, -0.25) is 0 Å². The van der Waals surface area contributed by atoms with Gasteiger partial charge in [-0.1, -0.05) is 49.4 Å². The maximum Gasteiger partial charge on any atom is 0.121 e. The van der Waals surface area contributed by atoms with Crippen LogP contribution in [0.4, 0.5) is 0 Å². The maximum absolute atomic E-state index is 5.55. The molecule has 0 aliphatic carbocycles. The number of nitrogens with one attached hydrogen (secondary N) is 1. The molecule has 1 atom stereocenters. The first-order chi connectivity index (χ1) is 9.86. The van der Waals surface area contributed by atoms with Crippen molar-refractivity contribution in [2.45, 2.75) is 19.4 Å². The molecule has 2 heteroatoms. The molecule has 0 saturated heterocycles. The van der Waals surface area contributed by atoms with Crippen molar-refractivity contribution in [2.24, 2.45) is 0 Å². The van der Waals surface area contributed by atoms with Gasteiger partial charge in [-0.25, -0.2) is 0 Å². The summed E-state index contributed by atoms with van der Waals surface area (Å²) in [4.78, 5) is 0. The average molecular weight is 265 g/mol. The summed E-state index contributed by atoms with van der Waals surface area (Å²) >= 11 is 0. The van der Waals surface area contributed by atoms with Crippen LogP contribution in [0, 0.1) is 0 Å². The molecule has 0 amide bonds. The van der Waals surface area contributed by atoms with Gasteiger partial charge in [-0.05, 0) is 41.4 Å². The average Bonchev–Trinajstić information content (AvgIpc) is 3.01. The Morgan fingerprint density at radius 2 is 1.85 bits per heavy atom. The third-order valence-corrected chi connectivity index (χ3v) is 3.59. The molecule has 102 valence electrons. The third-order valence-electron chi connectivity index (χ3n) is 3.59. The fraction of sp³-hybridized carbons (Fsp3) is 0.222. The highest BCUT2D eigenvalue weighted by molar-refractivity contribution is 5.83. The second kappa shape index (κ2) is 5.93. The van der Waals surface area contributed by atoms with E-state index in [0.29, 0.717) is 0 Å². The maximum atomic E-state index is 5.55. The minimum Gasteiger partial charge on any atom is -0.468 e. The molecule has 3 aromatic rings. The van der Waals surface area contributed by atoms with E-state index in [-0.39, 0.29) is 6.04 Å². The summed E-state index contributed by atoms with van der Waals surface area (Å²) in [5.41, 5.74) is 1.33. The van der Waals surface area contributed by atoms with E-state index >= 15 is 0 Å². The number of rotatable bonds is 5. The zero-order valence-electron chi connectivity index (χ0n) is 11.7. The number of benzene rings is 2. The van der Waals surface area contributed by atoms with Gasteiger partial charge in [-0.2, -0.15) is 0 Å². The molecule has 0 bridgehead atoms. The van der Waals surface area contributed by atoms with E-state index < -0.39 is 0 Å². The van der Waals surface area contributed by atoms with E-state index in [1.807, 2.05) is 12.1 Å². The minimum atomic E-state index is 0.233. The third kappa shape index (κ3) is 2.75. The van der Waals surface area contributed by atoms with Crippen LogP contribution < -0.4 is 5.32 Å². The Morgan fingerprint density at radius 3 is 2.60 bits per heavy atom. The van der Waals surface area contributed by atoms with Gasteiger partial charge < -0.3 is 9.73 Å². The molecule has 1 heterocycles. The van der Waals surface area contributed by atoms with Gasteiger partial charge in [0.15, 0.2) is 0 Å². The Hall–Kier alpha value is -2.06. The monoisotopic (exact) mass is 265 g/mol. The predicted molar refractivity (Wildman–Crippen MR) is 82.8 cm³/mol. The zero-order chi connectivity index (χ0) is 13.8. The number of fused-ring (bicyclic) bond motifs is 1. The predicted octanol–water partition coefficient (Wildman–Crippen LogP) is 4.33. The van der Waals surface area contributed by atoms with E-state index in [0.717, 1.165) is 18.7 Å². The van der Waals surface area contributed by atoms with Gasteiger partial charge in [0, 0.05) is 0 Å². The lowest BCUT2D eigenvalue weighted by Gasteiger charge is -2.16. The first-order valence-corrected chi connectivity index (χ1v) is 7.11. The summed E-state index contributed by atoms with van der Waals surface area (Å²) in [7, 11) is 0. The molecular weight excluding hydrogens is 246 g/mol. The van der Waals surface area contributed by atoms with E-state index in [9.17, 15) is 0 Å². The van der Waals surface area contributed by atoms with Crippen LogP contribution in [0.5, 0.6) is 0 Å². The highest BCUT2D eigenvalue weighted by atomic mass is 16.3. The van der Waals surface area contributed by atoms with E-state index in [1.165, 1.54) is 16.3 Å². The Bertz CT molecular complexity index is 673. The molecular formula is C18H19NO. The van der Waals surface area contributed by atoms with Crippen molar-refractivity contribution >= 4 is 10.8 Å². The van der Waals surface area contributed by atoms with Crippen LogP contribution in [0.1, 0.15) is 24.3 Å². The standard InChI is InChI=1S/C18H19NO/c1-2-19-17(18-8-5-11-20-18)13-14-9-10-15-6-3-4-7-16(15)12-14/h3-12,17,19H,2,13H2,1H3.